The van der Waals surface area contributed by atoms with Gasteiger partial charge in [0.15, 0.2) is 0 Å². The zero-order valence-corrected chi connectivity index (χ0v) is 6.12. The standard InChI is InChI=1S/C7H10N4/c1-2-10-7(5-8-1)11-6-3-9-4-6/h1-2,5-6,9H,3-4H2,(H,10,11). The first-order valence-corrected chi connectivity index (χ1v) is 3.68. The molecule has 1 aliphatic rings. The van der Waals surface area contributed by atoms with Crippen molar-refractivity contribution < 1.29 is 0 Å². The molecule has 4 nitrogen and oxygen atoms in total. The largest absolute Gasteiger partial charge is 0.363 e. The Morgan fingerprint density at radius 3 is 2.91 bits per heavy atom. The summed E-state index contributed by atoms with van der Waals surface area (Å²) in [4.78, 5) is 8.05. The summed E-state index contributed by atoms with van der Waals surface area (Å²) in [6.45, 7) is 2.05. The molecule has 2 rings (SSSR count). The maximum absolute atomic E-state index is 4.10. The van der Waals surface area contributed by atoms with Crippen molar-refractivity contribution in [3.8, 4) is 0 Å². The van der Waals surface area contributed by atoms with Gasteiger partial charge >= 0.3 is 0 Å². The monoisotopic (exact) mass is 150 g/mol. The Hall–Kier alpha value is -1.16. The highest BCUT2D eigenvalue weighted by molar-refractivity contribution is 5.32. The molecule has 1 fully saturated rings. The molecule has 0 bridgehead atoms. The molecular weight excluding hydrogens is 140 g/mol. The van der Waals surface area contributed by atoms with Gasteiger partial charge < -0.3 is 10.6 Å². The van der Waals surface area contributed by atoms with Crippen LogP contribution in [0.5, 0.6) is 0 Å². The van der Waals surface area contributed by atoms with Crippen molar-refractivity contribution >= 4 is 5.82 Å². The first kappa shape index (κ1) is 6.54. The molecule has 0 aromatic carbocycles. The number of rotatable bonds is 2. The van der Waals surface area contributed by atoms with Crippen LogP contribution < -0.4 is 10.6 Å². The quantitative estimate of drug-likeness (QED) is 0.616. The van der Waals surface area contributed by atoms with Crippen LogP contribution in [0, 0.1) is 0 Å². The van der Waals surface area contributed by atoms with Crippen molar-refractivity contribution in [3.05, 3.63) is 18.6 Å². The van der Waals surface area contributed by atoms with E-state index in [4.69, 9.17) is 0 Å². The number of hydrogen-bond acceptors (Lipinski definition) is 4. The van der Waals surface area contributed by atoms with Crippen molar-refractivity contribution in [2.45, 2.75) is 6.04 Å². The molecule has 1 aromatic rings. The number of nitrogens with zero attached hydrogens (tertiary/aromatic N) is 2. The van der Waals surface area contributed by atoms with E-state index in [2.05, 4.69) is 20.6 Å². The lowest BCUT2D eigenvalue weighted by molar-refractivity contribution is 0.471. The number of nitrogens with one attached hydrogen (secondary N) is 2. The topological polar surface area (TPSA) is 49.8 Å². The molecule has 0 saturated carbocycles. The third-order valence-electron chi connectivity index (χ3n) is 1.70. The van der Waals surface area contributed by atoms with Gasteiger partial charge in [-0.05, 0) is 0 Å². The summed E-state index contributed by atoms with van der Waals surface area (Å²) in [7, 11) is 0. The minimum absolute atomic E-state index is 0.534. The number of aromatic nitrogens is 2. The lowest BCUT2D eigenvalue weighted by atomic mass is 10.2. The summed E-state index contributed by atoms with van der Waals surface area (Å²) < 4.78 is 0. The van der Waals surface area contributed by atoms with Gasteiger partial charge in [-0.15, -0.1) is 0 Å². The fourth-order valence-electron chi connectivity index (χ4n) is 0.974. The Morgan fingerprint density at radius 1 is 1.45 bits per heavy atom. The van der Waals surface area contributed by atoms with E-state index in [-0.39, 0.29) is 0 Å². The fraction of sp³-hybridized carbons (Fsp3) is 0.429. The van der Waals surface area contributed by atoms with Crippen LogP contribution in [0.4, 0.5) is 5.82 Å². The summed E-state index contributed by atoms with van der Waals surface area (Å²) in [5.74, 6) is 0.860. The van der Waals surface area contributed by atoms with E-state index < -0.39 is 0 Å². The molecule has 0 amide bonds. The van der Waals surface area contributed by atoms with E-state index in [1.807, 2.05) is 0 Å². The molecule has 58 valence electrons. The molecule has 0 aliphatic carbocycles. The van der Waals surface area contributed by atoms with Crippen molar-refractivity contribution in [2.24, 2.45) is 0 Å². The van der Waals surface area contributed by atoms with Crippen LogP contribution in [-0.2, 0) is 0 Å². The van der Waals surface area contributed by atoms with Crippen molar-refractivity contribution in [1.82, 2.24) is 15.3 Å². The Labute approximate surface area is 65.1 Å². The summed E-state index contributed by atoms with van der Waals surface area (Å²) >= 11 is 0. The minimum atomic E-state index is 0.534. The Bertz CT molecular complexity index is 219. The number of anilines is 1. The van der Waals surface area contributed by atoms with Crippen molar-refractivity contribution in [3.63, 3.8) is 0 Å². The van der Waals surface area contributed by atoms with Gasteiger partial charge in [0.2, 0.25) is 0 Å². The minimum Gasteiger partial charge on any atom is -0.363 e. The Balaban J connectivity index is 1.95. The lowest BCUT2D eigenvalue weighted by Crippen LogP contribution is -2.51. The van der Waals surface area contributed by atoms with Gasteiger partial charge in [0.05, 0.1) is 12.2 Å². The molecule has 2 N–H and O–H groups in total. The SMILES string of the molecule is c1cnc(NC2CNC2)cn1. The van der Waals surface area contributed by atoms with Gasteiger partial charge in [0, 0.05) is 25.5 Å². The smallest absolute Gasteiger partial charge is 0.144 e. The summed E-state index contributed by atoms with van der Waals surface area (Å²) in [6.07, 6.45) is 5.09. The van der Waals surface area contributed by atoms with Crippen LogP contribution in [0.2, 0.25) is 0 Å². The molecule has 4 heteroatoms. The third-order valence-corrected chi connectivity index (χ3v) is 1.70. The molecule has 0 atom stereocenters. The Morgan fingerprint density at radius 2 is 2.36 bits per heavy atom. The third kappa shape index (κ3) is 1.46. The highest BCUT2D eigenvalue weighted by Gasteiger charge is 2.15. The molecule has 1 aliphatic heterocycles. The summed E-state index contributed by atoms with van der Waals surface area (Å²) in [5.41, 5.74) is 0. The second-order valence-electron chi connectivity index (χ2n) is 2.59. The summed E-state index contributed by atoms with van der Waals surface area (Å²) in [6, 6.07) is 0.534. The Kier molecular flexibility index (Phi) is 1.69. The average molecular weight is 150 g/mol. The normalized spacial score (nSPS) is 17.5. The first-order valence-electron chi connectivity index (χ1n) is 3.68. The molecule has 0 spiro atoms. The zero-order valence-electron chi connectivity index (χ0n) is 6.12. The predicted octanol–water partition coefficient (Wildman–Crippen LogP) is -0.140. The molecule has 11 heavy (non-hydrogen) atoms. The van der Waals surface area contributed by atoms with Gasteiger partial charge in [0.25, 0.3) is 0 Å². The predicted molar refractivity (Wildman–Crippen MR) is 42.3 cm³/mol. The van der Waals surface area contributed by atoms with Crippen LogP contribution >= 0.6 is 0 Å². The van der Waals surface area contributed by atoms with Gasteiger partial charge in [-0.25, -0.2) is 4.98 Å². The van der Waals surface area contributed by atoms with E-state index in [9.17, 15) is 0 Å². The number of hydrogen-bond donors (Lipinski definition) is 2. The molecule has 2 heterocycles. The van der Waals surface area contributed by atoms with Crippen LogP contribution in [-0.4, -0.2) is 29.1 Å². The summed E-state index contributed by atoms with van der Waals surface area (Å²) in [5, 5.41) is 6.41. The molecule has 0 unspecified atom stereocenters. The van der Waals surface area contributed by atoms with E-state index in [0.717, 1.165) is 18.9 Å². The molecule has 0 radical (unpaired) electrons. The van der Waals surface area contributed by atoms with Crippen molar-refractivity contribution in [1.29, 1.82) is 0 Å². The second kappa shape index (κ2) is 2.84. The molecule has 1 aromatic heterocycles. The second-order valence-corrected chi connectivity index (χ2v) is 2.59. The van der Waals surface area contributed by atoms with Gasteiger partial charge in [-0.2, -0.15) is 0 Å². The molecular formula is C7H10N4. The van der Waals surface area contributed by atoms with Crippen LogP contribution in [0.15, 0.2) is 18.6 Å². The zero-order chi connectivity index (χ0) is 7.52. The molecule has 1 saturated heterocycles. The maximum atomic E-state index is 4.10. The van der Waals surface area contributed by atoms with Crippen LogP contribution in [0.3, 0.4) is 0 Å². The lowest BCUT2D eigenvalue weighted by Gasteiger charge is -2.28. The van der Waals surface area contributed by atoms with Crippen molar-refractivity contribution in [2.75, 3.05) is 18.4 Å². The van der Waals surface area contributed by atoms with E-state index in [1.165, 1.54) is 0 Å². The van der Waals surface area contributed by atoms with Gasteiger partial charge in [0.1, 0.15) is 5.82 Å². The average Bonchev–Trinajstić information content (AvgIpc) is 1.99. The van der Waals surface area contributed by atoms with Crippen LogP contribution in [0.25, 0.3) is 0 Å². The first-order chi connectivity index (χ1) is 5.45. The highest BCUT2D eigenvalue weighted by atomic mass is 15.1. The van der Waals surface area contributed by atoms with Gasteiger partial charge in [-0.1, -0.05) is 0 Å². The van der Waals surface area contributed by atoms with E-state index >= 15 is 0 Å². The maximum Gasteiger partial charge on any atom is 0.144 e. The van der Waals surface area contributed by atoms with E-state index in [0.29, 0.717) is 6.04 Å². The van der Waals surface area contributed by atoms with E-state index in [1.54, 1.807) is 18.6 Å². The van der Waals surface area contributed by atoms with Gasteiger partial charge in [-0.3, -0.25) is 4.98 Å². The highest BCUT2D eigenvalue weighted by Crippen LogP contribution is 2.02. The van der Waals surface area contributed by atoms with Crippen LogP contribution in [0.1, 0.15) is 0 Å². The fourth-order valence-corrected chi connectivity index (χ4v) is 0.974.